The molecule has 0 atom stereocenters. The van der Waals surface area contributed by atoms with Gasteiger partial charge in [-0.25, -0.2) is 4.79 Å². The van der Waals surface area contributed by atoms with Crippen LogP contribution in [0, 0.1) is 18.8 Å². The summed E-state index contributed by atoms with van der Waals surface area (Å²) in [4.78, 5) is 12.1. The van der Waals surface area contributed by atoms with Crippen LogP contribution in [0.2, 0.25) is 0 Å². The van der Waals surface area contributed by atoms with Gasteiger partial charge in [0.25, 0.3) is 0 Å². The van der Waals surface area contributed by atoms with Gasteiger partial charge in [0, 0.05) is 11.6 Å². The molecule has 0 aliphatic heterocycles. The number of benzene rings is 1. The summed E-state index contributed by atoms with van der Waals surface area (Å²) in [5.41, 5.74) is 2.47. The van der Waals surface area contributed by atoms with Crippen LogP contribution in [0.15, 0.2) is 18.2 Å². The second-order valence-electron chi connectivity index (χ2n) is 5.44. The highest BCUT2D eigenvalue weighted by Gasteiger charge is 2.16. The van der Waals surface area contributed by atoms with Crippen LogP contribution in [0.25, 0.3) is 0 Å². The van der Waals surface area contributed by atoms with Crippen molar-refractivity contribution >= 4 is 11.7 Å². The molecule has 0 spiro atoms. The van der Waals surface area contributed by atoms with Gasteiger partial charge in [-0.15, -0.1) is 0 Å². The van der Waals surface area contributed by atoms with Crippen molar-refractivity contribution in [3.63, 3.8) is 0 Å². The predicted molar refractivity (Wildman–Crippen MR) is 84.2 cm³/mol. The monoisotopic (exact) mass is 286 g/mol. The van der Waals surface area contributed by atoms with Crippen LogP contribution in [0.4, 0.5) is 10.5 Å². The summed E-state index contributed by atoms with van der Waals surface area (Å²) in [6.07, 6.45) is 5.74. The molecule has 4 heteroatoms. The van der Waals surface area contributed by atoms with Crippen LogP contribution in [0.3, 0.4) is 0 Å². The molecule has 1 aliphatic rings. The lowest BCUT2D eigenvalue weighted by molar-refractivity contribution is 0.244. The first kappa shape index (κ1) is 15.4. The van der Waals surface area contributed by atoms with Gasteiger partial charge in [0.15, 0.2) is 0 Å². The Bertz CT molecular complexity index is 552. The molecule has 0 heterocycles. The molecule has 0 radical (unpaired) electrons. The number of urea groups is 1. The van der Waals surface area contributed by atoms with E-state index < -0.39 is 0 Å². The maximum Gasteiger partial charge on any atom is 0.319 e. The van der Waals surface area contributed by atoms with Crippen molar-refractivity contribution in [3.8, 4) is 11.8 Å². The smallest absolute Gasteiger partial charge is 0.319 e. The summed E-state index contributed by atoms with van der Waals surface area (Å²) in [6, 6.07) is 5.77. The van der Waals surface area contributed by atoms with Gasteiger partial charge in [0.2, 0.25) is 0 Å². The van der Waals surface area contributed by atoms with Crippen molar-refractivity contribution in [1.82, 2.24) is 5.32 Å². The van der Waals surface area contributed by atoms with Crippen molar-refractivity contribution in [3.05, 3.63) is 29.3 Å². The predicted octanol–water partition coefficient (Wildman–Crippen LogP) is 2.79. The molecular formula is C17H22N2O2. The van der Waals surface area contributed by atoms with Gasteiger partial charge in [0.05, 0.1) is 5.69 Å². The Labute approximate surface area is 125 Å². The molecule has 0 bridgehead atoms. The van der Waals surface area contributed by atoms with Gasteiger partial charge in [0.1, 0.15) is 6.61 Å². The molecule has 4 nitrogen and oxygen atoms in total. The molecule has 0 saturated heterocycles. The van der Waals surface area contributed by atoms with E-state index in [4.69, 9.17) is 5.11 Å². The Balaban J connectivity index is 2.02. The van der Waals surface area contributed by atoms with Gasteiger partial charge < -0.3 is 15.7 Å². The Morgan fingerprint density at radius 1 is 1.33 bits per heavy atom. The number of carbonyl (C=O) groups is 1. The Morgan fingerprint density at radius 2 is 2.10 bits per heavy atom. The van der Waals surface area contributed by atoms with E-state index in [2.05, 4.69) is 22.5 Å². The third kappa shape index (κ3) is 4.80. The summed E-state index contributed by atoms with van der Waals surface area (Å²) in [5, 5.41) is 14.7. The lowest BCUT2D eigenvalue weighted by Crippen LogP contribution is -2.39. The summed E-state index contributed by atoms with van der Waals surface area (Å²) >= 11 is 0. The normalized spacial score (nSPS) is 15.0. The number of amides is 2. The zero-order valence-corrected chi connectivity index (χ0v) is 12.4. The third-order valence-corrected chi connectivity index (χ3v) is 3.67. The average molecular weight is 286 g/mol. The maximum absolute atomic E-state index is 12.1. The number of rotatable bonds is 2. The third-order valence-electron chi connectivity index (χ3n) is 3.67. The van der Waals surface area contributed by atoms with Crippen LogP contribution in [0.5, 0.6) is 0 Å². The Hall–Kier alpha value is -1.99. The van der Waals surface area contributed by atoms with E-state index >= 15 is 0 Å². The minimum Gasteiger partial charge on any atom is -0.384 e. The molecule has 1 aromatic rings. The number of hydrogen-bond acceptors (Lipinski definition) is 2. The first-order valence-corrected chi connectivity index (χ1v) is 7.47. The molecule has 3 N–H and O–H groups in total. The fourth-order valence-corrected chi connectivity index (χ4v) is 2.60. The zero-order valence-electron chi connectivity index (χ0n) is 12.4. The molecule has 21 heavy (non-hydrogen) atoms. The molecule has 1 aromatic carbocycles. The standard InChI is InChI=1S/C17H22N2O2/c1-13-9-10-16(14(12-13)6-5-11-20)19-17(21)18-15-7-3-2-4-8-15/h9-10,12,15,20H,2-4,7-8,11H2,1H3,(H2,18,19,21). The topological polar surface area (TPSA) is 61.4 Å². The van der Waals surface area contributed by atoms with Crippen LogP contribution < -0.4 is 10.6 Å². The molecule has 1 aliphatic carbocycles. The SMILES string of the molecule is Cc1ccc(NC(=O)NC2CCCCC2)c(C#CCO)c1. The Kier molecular flexibility index (Phi) is 5.65. The number of aliphatic hydroxyl groups is 1. The number of hydrogen-bond donors (Lipinski definition) is 3. The second-order valence-corrected chi connectivity index (χ2v) is 5.44. The van der Waals surface area contributed by atoms with E-state index in [9.17, 15) is 4.79 Å². The molecule has 0 unspecified atom stereocenters. The first-order chi connectivity index (χ1) is 10.2. The number of aryl methyl sites for hydroxylation is 1. The molecule has 2 rings (SSSR count). The highest BCUT2D eigenvalue weighted by Crippen LogP contribution is 2.19. The van der Waals surface area contributed by atoms with E-state index in [1.807, 2.05) is 25.1 Å². The van der Waals surface area contributed by atoms with Gasteiger partial charge in [-0.1, -0.05) is 37.2 Å². The van der Waals surface area contributed by atoms with Crippen molar-refractivity contribution in [2.75, 3.05) is 11.9 Å². The van der Waals surface area contributed by atoms with Crippen LogP contribution in [-0.2, 0) is 0 Å². The van der Waals surface area contributed by atoms with E-state index in [-0.39, 0.29) is 18.7 Å². The fraction of sp³-hybridized carbons (Fsp3) is 0.471. The van der Waals surface area contributed by atoms with Gasteiger partial charge >= 0.3 is 6.03 Å². The fourth-order valence-electron chi connectivity index (χ4n) is 2.60. The van der Waals surface area contributed by atoms with E-state index in [1.54, 1.807) is 0 Å². The molecule has 1 saturated carbocycles. The number of carbonyl (C=O) groups excluding carboxylic acids is 1. The summed E-state index contributed by atoms with van der Waals surface area (Å²) in [6.45, 7) is 1.78. The molecule has 1 fully saturated rings. The quantitative estimate of drug-likeness (QED) is 0.732. The average Bonchev–Trinajstić information content (AvgIpc) is 2.48. The number of anilines is 1. The maximum atomic E-state index is 12.1. The van der Waals surface area contributed by atoms with E-state index in [0.717, 1.165) is 24.0 Å². The largest absolute Gasteiger partial charge is 0.384 e. The lowest BCUT2D eigenvalue weighted by atomic mass is 9.96. The van der Waals surface area contributed by atoms with Gasteiger partial charge in [-0.05, 0) is 37.5 Å². The van der Waals surface area contributed by atoms with E-state index in [0.29, 0.717) is 5.69 Å². The van der Waals surface area contributed by atoms with Crippen LogP contribution >= 0.6 is 0 Å². The Morgan fingerprint density at radius 3 is 2.81 bits per heavy atom. The lowest BCUT2D eigenvalue weighted by Gasteiger charge is -2.23. The van der Waals surface area contributed by atoms with Crippen molar-refractivity contribution in [1.29, 1.82) is 0 Å². The minimum absolute atomic E-state index is 0.183. The molecular weight excluding hydrogens is 264 g/mol. The second kappa shape index (κ2) is 7.70. The zero-order chi connectivity index (χ0) is 15.1. The van der Waals surface area contributed by atoms with Crippen LogP contribution in [-0.4, -0.2) is 23.8 Å². The van der Waals surface area contributed by atoms with Crippen molar-refractivity contribution in [2.45, 2.75) is 45.1 Å². The number of aliphatic hydroxyl groups excluding tert-OH is 1. The van der Waals surface area contributed by atoms with E-state index in [1.165, 1.54) is 19.3 Å². The molecule has 112 valence electrons. The molecule has 2 amide bonds. The van der Waals surface area contributed by atoms with Crippen molar-refractivity contribution in [2.24, 2.45) is 0 Å². The first-order valence-electron chi connectivity index (χ1n) is 7.47. The van der Waals surface area contributed by atoms with Crippen molar-refractivity contribution < 1.29 is 9.90 Å². The summed E-state index contributed by atoms with van der Waals surface area (Å²) < 4.78 is 0. The summed E-state index contributed by atoms with van der Waals surface area (Å²) in [5.74, 6) is 5.49. The highest BCUT2D eigenvalue weighted by molar-refractivity contribution is 5.91. The highest BCUT2D eigenvalue weighted by atomic mass is 16.2. The summed E-state index contributed by atoms with van der Waals surface area (Å²) in [7, 11) is 0. The number of nitrogens with one attached hydrogen (secondary N) is 2. The van der Waals surface area contributed by atoms with Crippen LogP contribution in [0.1, 0.15) is 43.2 Å². The minimum atomic E-state index is -0.193. The van der Waals surface area contributed by atoms with Gasteiger partial charge in [-0.2, -0.15) is 0 Å². The molecule has 0 aromatic heterocycles. The van der Waals surface area contributed by atoms with Gasteiger partial charge in [-0.3, -0.25) is 0 Å².